The van der Waals surface area contributed by atoms with E-state index >= 15 is 0 Å². The van der Waals surface area contributed by atoms with Crippen LogP contribution in [0.15, 0.2) is 43.0 Å². The normalized spacial score (nSPS) is 17.9. The average Bonchev–Trinajstić information content (AvgIpc) is 3.45. The zero-order valence-electron chi connectivity index (χ0n) is 20.8. The van der Waals surface area contributed by atoms with Crippen molar-refractivity contribution in [1.82, 2.24) is 5.32 Å². The van der Waals surface area contributed by atoms with Crippen molar-refractivity contribution in [2.75, 3.05) is 5.32 Å². The second-order valence-corrected chi connectivity index (χ2v) is 10.5. The van der Waals surface area contributed by atoms with Crippen molar-refractivity contribution in [2.45, 2.75) is 71.9 Å². The molecule has 1 aliphatic rings. The molecule has 0 spiro atoms. The Balaban J connectivity index is 1.70. The average molecular weight is 449 g/mol. The van der Waals surface area contributed by atoms with Gasteiger partial charge in [0.05, 0.1) is 0 Å². The lowest BCUT2D eigenvalue weighted by Gasteiger charge is -2.22. The molecule has 3 rings (SSSR count). The highest BCUT2D eigenvalue weighted by atomic mass is 19.1. The minimum Gasteiger partial charge on any atom is -0.382 e. The molecule has 2 unspecified atom stereocenters. The molecule has 33 heavy (non-hydrogen) atoms. The first-order valence-electron chi connectivity index (χ1n) is 11.8. The van der Waals surface area contributed by atoms with Crippen molar-refractivity contribution in [3.63, 3.8) is 0 Å². The van der Waals surface area contributed by atoms with Gasteiger partial charge in [0.25, 0.3) is 0 Å². The van der Waals surface area contributed by atoms with Gasteiger partial charge >= 0.3 is 0 Å². The predicted molar refractivity (Wildman–Crippen MR) is 138 cm³/mol. The molecule has 0 saturated heterocycles. The number of nitrogens with one attached hydrogen (secondary N) is 2. The lowest BCUT2D eigenvalue weighted by atomic mass is 9.86. The molecule has 0 aliphatic heterocycles. The van der Waals surface area contributed by atoms with Crippen molar-refractivity contribution in [1.29, 1.82) is 0 Å². The number of anilines is 1. The molecule has 1 aliphatic carbocycles. The highest BCUT2D eigenvalue weighted by Crippen LogP contribution is 2.49. The van der Waals surface area contributed by atoms with Crippen LogP contribution in [0.25, 0.3) is 12.2 Å². The third-order valence-electron chi connectivity index (χ3n) is 6.17. The maximum Gasteiger partial charge on any atom is 0.244 e. The van der Waals surface area contributed by atoms with Gasteiger partial charge in [-0.25, -0.2) is 4.39 Å². The Labute approximate surface area is 198 Å². The number of hydrogen-bond acceptors (Lipinski definition) is 2. The third-order valence-corrected chi connectivity index (χ3v) is 6.17. The van der Waals surface area contributed by atoms with Gasteiger partial charge in [0.1, 0.15) is 5.82 Å². The van der Waals surface area contributed by atoms with Gasteiger partial charge in [-0.2, -0.15) is 0 Å². The fourth-order valence-corrected chi connectivity index (χ4v) is 4.10. The molecule has 4 heteroatoms. The summed E-state index contributed by atoms with van der Waals surface area (Å²) in [4.78, 5) is 12.5. The van der Waals surface area contributed by atoms with Crippen LogP contribution in [-0.4, -0.2) is 11.9 Å². The molecule has 0 heterocycles. The topological polar surface area (TPSA) is 41.1 Å². The van der Waals surface area contributed by atoms with Gasteiger partial charge in [0.15, 0.2) is 0 Å². The summed E-state index contributed by atoms with van der Waals surface area (Å²) >= 11 is 0. The standard InChI is InChI=1S/C29H37FN2O/c1-8-21-14-20(15-25(30)28(21)24-13-19(24)4)17-31-27(33)12-10-22-9-11-23(29(5,6)7)16-26(22)32-18(2)3/h8-12,14-16,18-19,24,32H,1,13,17H2,2-7H3,(H,31,33)/b12-10+. The summed E-state index contributed by atoms with van der Waals surface area (Å²) in [7, 11) is 0. The molecule has 1 fully saturated rings. The number of carbonyl (C=O) groups excluding carboxylic acids is 1. The van der Waals surface area contributed by atoms with E-state index < -0.39 is 0 Å². The first-order chi connectivity index (χ1) is 15.5. The maximum atomic E-state index is 14.7. The third kappa shape index (κ3) is 6.34. The van der Waals surface area contributed by atoms with Crippen molar-refractivity contribution in [3.8, 4) is 0 Å². The van der Waals surface area contributed by atoms with Crippen LogP contribution in [0.2, 0.25) is 0 Å². The first-order valence-corrected chi connectivity index (χ1v) is 11.8. The number of benzene rings is 2. The van der Waals surface area contributed by atoms with Crippen LogP contribution >= 0.6 is 0 Å². The Kier molecular flexibility index (Phi) is 7.46. The maximum absolute atomic E-state index is 14.7. The van der Waals surface area contributed by atoms with Gasteiger partial charge in [0, 0.05) is 24.4 Å². The Bertz CT molecular complexity index is 1060. The Morgan fingerprint density at radius 2 is 1.91 bits per heavy atom. The van der Waals surface area contributed by atoms with Crippen molar-refractivity contribution >= 4 is 23.7 Å². The zero-order chi connectivity index (χ0) is 24.3. The molecule has 0 aromatic heterocycles. The quantitative estimate of drug-likeness (QED) is 0.425. The fraction of sp³-hybridized carbons (Fsp3) is 0.414. The van der Waals surface area contributed by atoms with E-state index in [9.17, 15) is 9.18 Å². The summed E-state index contributed by atoms with van der Waals surface area (Å²) in [6.07, 6.45) is 6.07. The van der Waals surface area contributed by atoms with Crippen molar-refractivity contribution in [2.24, 2.45) is 5.92 Å². The summed E-state index contributed by atoms with van der Waals surface area (Å²) < 4.78 is 14.7. The van der Waals surface area contributed by atoms with Crippen LogP contribution in [0.4, 0.5) is 10.1 Å². The number of hydrogen-bond donors (Lipinski definition) is 2. The van der Waals surface area contributed by atoms with E-state index in [1.165, 1.54) is 17.7 Å². The van der Waals surface area contributed by atoms with Gasteiger partial charge in [-0.15, -0.1) is 0 Å². The molecule has 1 amide bonds. The summed E-state index contributed by atoms with van der Waals surface area (Å²) in [5, 5.41) is 6.34. The van der Waals surface area contributed by atoms with Gasteiger partial charge in [0.2, 0.25) is 5.91 Å². The summed E-state index contributed by atoms with van der Waals surface area (Å²) in [6, 6.07) is 10.0. The molecular formula is C29H37FN2O. The van der Waals surface area contributed by atoms with Crippen molar-refractivity contribution < 1.29 is 9.18 Å². The fourth-order valence-electron chi connectivity index (χ4n) is 4.10. The number of carbonyl (C=O) groups is 1. The minimum absolute atomic E-state index is 0.0414. The van der Waals surface area contributed by atoms with E-state index in [0.717, 1.165) is 34.4 Å². The minimum atomic E-state index is -0.217. The predicted octanol–water partition coefficient (Wildman–Crippen LogP) is 7.04. The molecule has 2 aromatic carbocycles. The van der Waals surface area contributed by atoms with Gasteiger partial charge in [-0.1, -0.05) is 52.5 Å². The lowest BCUT2D eigenvalue weighted by Crippen LogP contribution is -2.20. The molecule has 1 saturated carbocycles. The van der Waals surface area contributed by atoms with Gasteiger partial charge < -0.3 is 10.6 Å². The monoisotopic (exact) mass is 448 g/mol. The largest absolute Gasteiger partial charge is 0.382 e. The number of rotatable bonds is 8. The van der Waals surface area contributed by atoms with E-state index in [0.29, 0.717) is 5.92 Å². The van der Waals surface area contributed by atoms with Crippen LogP contribution in [0, 0.1) is 11.7 Å². The Morgan fingerprint density at radius 1 is 1.21 bits per heavy atom. The van der Waals surface area contributed by atoms with Crippen LogP contribution in [0.5, 0.6) is 0 Å². The summed E-state index contributed by atoms with van der Waals surface area (Å²) in [6.45, 7) is 17.0. The molecule has 0 radical (unpaired) electrons. The second kappa shape index (κ2) is 9.94. The highest BCUT2D eigenvalue weighted by molar-refractivity contribution is 5.92. The van der Waals surface area contributed by atoms with Crippen LogP contribution in [0.3, 0.4) is 0 Å². The summed E-state index contributed by atoms with van der Waals surface area (Å²) in [5.41, 5.74) is 5.55. The van der Waals surface area contributed by atoms with Gasteiger partial charge in [-0.05, 0) is 89.6 Å². The molecule has 176 valence electrons. The van der Waals surface area contributed by atoms with Crippen LogP contribution in [-0.2, 0) is 16.8 Å². The van der Waals surface area contributed by atoms with E-state index in [-0.39, 0.29) is 35.6 Å². The molecule has 3 nitrogen and oxygen atoms in total. The van der Waals surface area contributed by atoms with E-state index in [1.54, 1.807) is 6.08 Å². The molecule has 2 aromatic rings. The Hall–Kier alpha value is -2.88. The van der Waals surface area contributed by atoms with E-state index in [4.69, 9.17) is 0 Å². The zero-order valence-corrected chi connectivity index (χ0v) is 20.8. The second-order valence-electron chi connectivity index (χ2n) is 10.5. The summed E-state index contributed by atoms with van der Waals surface area (Å²) in [5.74, 6) is 0.375. The number of amides is 1. The smallest absolute Gasteiger partial charge is 0.244 e. The highest BCUT2D eigenvalue weighted by Gasteiger charge is 2.37. The van der Waals surface area contributed by atoms with Gasteiger partial charge in [-0.3, -0.25) is 4.79 Å². The molecule has 2 atom stereocenters. The molecule has 2 N–H and O–H groups in total. The van der Waals surface area contributed by atoms with E-state index in [1.807, 2.05) is 18.2 Å². The number of halogens is 1. The van der Waals surface area contributed by atoms with E-state index in [2.05, 4.69) is 70.9 Å². The molecule has 0 bridgehead atoms. The van der Waals surface area contributed by atoms with Crippen molar-refractivity contribution in [3.05, 3.63) is 76.6 Å². The van der Waals surface area contributed by atoms with Crippen LogP contribution in [0.1, 0.15) is 81.7 Å². The SMILES string of the molecule is C=Cc1cc(CNC(=O)/C=C/c2ccc(C(C)(C)C)cc2NC(C)C)cc(F)c1C1CC1C. The Morgan fingerprint density at radius 3 is 2.48 bits per heavy atom. The van der Waals surface area contributed by atoms with Crippen LogP contribution < -0.4 is 10.6 Å². The molecular weight excluding hydrogens is 411 g/mol. The lowest BCUT2D eigenvalue weighted by molar-refractivity contribution is -0.116. The first kappa shape index (κ1) is 24.8.